The van der Waals surface area contributed by atoms with Crippen LogP contribution < -0.4 is 11.1 Å². The van der Waals surface area contributed by atoms with E-state index in [1.807, 2.05) is 0 Å². The molecule has 5 N–H and O–H groups in total. The number of nitrogens with two attached hydrogens (primary N) is 1. The van der Waals surface area contributed by atoms with Crippen molar-refractivity contribution in [1.82, 2.24) is 14.9 Å². The van der Waals surface area contributed by atoms with Crippen molar-refractivity contribution < 1.29 is 24.1 Å². The monoisotopic (exact) mass is 515 g/mol. The summed E-state index contributed by atoms with van der Waals surface area (Å²) in [5.41, 5.74) is 5.40. The first-order valence-corrected chi connectivity index (χ1v) is 12.5. The minimum absolute atomic E-state index is 0.0226. The number of hydrogen-bond donors (Lipinski definition) is 4. The van der Waals surface area contributed by atoms with E-state index in [4.69, 9.17) is 10.5 Å². The van der Waals surface area contributed by atoms with Gasteiger partial charge in [-0.1, -0.05) is 12.1 Å². The van der Waals surface area contributed by atoms with Gasteiger partial charge in [-0.15, -0.1) is 11.3 Å². The van der Waals surface area contributed by atoms with Gasteiger partial charge in [0.05, 0.1) is 30.4 Å². The largest absolute Gasteiger partial charge is 0.396 e. The van der Waals surface area contributed by atoms with Crippen LogP contribution in [0, 0.1) is 5.82 Å². The molecule has 1 amide bonds. The number of primary amides is 1. The molecule has 2 aromatic heterocycles. The van der Waals surface area contributed by atoms with Crippen LogP contribution in [0.1, 0.15) is 42.0 Å². The van der Waals surface area contributed by atoms with Gasteiger partial charge in [0.1, 0.15) is 22.5 Å². The molecular weight excluding hydrogens is 485 g/mol. The van der Waals surface area contributed by atoms with Crippen molar-refractivity contribution in [3.63, 3.8) is 0 Å². The van der Waals surface area contributed by atoms with E-state index in [0.29, 0.717) is 58.8 Å². The fourth-order valence-electron chi connectivity index (χ4n) is 4.00. The smallest absolute Gasteiger partial charge is 0.251 e. The molecule has 1 aliphatic rings. The van der Waals surface area contributed by atoms with Gasteiger partial charge in [-0.05, 0) is 44.0 Å². The Morgan fingerprint density at radius 2 is 2.17 bits per heavy atom. The molecule has 1 fully saturated rings. The maximum Gasteiger partial charge on any atom is 0.251 e. The molecule has 36 heavy (non-hydrogen) atoms. The molecule has 0 radical (unpaired) electrons. The second-order valence-electron chi connectivity index (χ2n) is 9.19. The number of aliphatic hydroxyl groups is 2. The molecule has 9 nitrogen and oxygen atoms in total. The molecule has 0 spiro atoms. The van der Waals surface area contributed by atoms with Crippen molar-refractivity contribution in [3.8, 4) is 10.4 Å². The van der Waals surface area contributed by atoms with E-state index in [1.165, 1.54) is 17.4 Å². The topological polar surface area (TPSA) is 134 Å². The van der Waals surface area contributed by atoms with Crippen molar-refractivity contribution in [1.29, 1.82) is 0 Å². The lowest BCUT2D eigenvalue weighted by Crippen LogP contribution is -2.42. The third kappa shape index (κ3) is 6.23. The summed E-state index contributed by atoms with van der Waals surface area (Å²) >= 11 is 1.19. The van der Waals surface area contributed by atoms with Crippen LogP contribution >= 0.6 is 11.3 Å². The van der Waals surface area contributed by atoms with Gasteiger partial charge in [0.2, 0.25) is 0 Å². The fourth-order valence-corrected chi connectivity index (χ4v) is 5.10. The highest BCUT2D eigenvalue weighted by Gasteiger charge is 2.23. The zero-order chi connectivity index (χ0) is 25.9. The summed E-state index contributed by atoms with van der Waals surface area (Å²) in [4.78, 5) is 23.7. The van der Waals surface area contributed by atoms with Crippen LogP contribution in [0.25, 0.3) is 10.4 Å². The van der Waals surface area contributed by atoms with E-state index >= 15 is 0 Å². The van der Waals surface area contributed by atoms with Crippen molar-refractivity contribution in [2.24, 2.45) is 5.73 Å². The Morgan fingerprint density at radius 1 is 1.36 bits per heavy atom. The van der Waals surface area contributed by atoms with Crippen LogP contribution in [0.5, 0.6) is 0 Å². The molecule has 192 valence electrons. The Balaban J connectivity index is 1.54. The van der Waals surface area contributed by atoms with E-state index in [9.17, 15) is 19.4 Å². The van der Waals surface area contributed by atoms with Gasteiger partial charge in [-0.25, -0.2) is 14.4 Å². The summed E-state index contributed by atoms with van der Waals surface area (Å²) < 4.78 is 20.6. The second kappa shape index (κ2) is 11.0. The lowest BCUT2D eigenvalue weighted by Gasteiger charge is -2.32. The number of amides is 1. The number of halogens is 1. The highest BCUT2D eigenvalue weighted by atomic mass is 32.1. The molecule has 3 heterocycles. The van der Waals surface area contributed by atoms with Gasteiger partial charge in [0.15, 0.2) is 0 Å². The predicted octanol–water partition coefficient (Wildman–Crippen LogP) is 3.00. The molecular formula is C25H30FN5O4S. The number of morpholine rings is 1. The first-order chi connectivity index (χ1) is 17.1. The number of nitrogens with one attached hydrogen (secondary N) is 1. The average Bonchev–Trinajstić information content (AvgIpc) is 3.23. The number of carbonyl (C=O) groups excluding carboxylic acids is 1. The Bertz CT molecular complexity index is 1230. The van der Waals surface area contributed by atoms with Crippen molar-refractivity contribution in [2.75, 3.05) is 31.6 Å². The minimum Gasteiger partial charge on any atom is -0.396 e. The number of aromatic nitrogens is 2. The molecule has 1 unspecified atom stereocenters. The van der Waals surface area contributed by atoms with Crippen LogP contribution in [-0.2, 0) is 16.9 Å². The van der Waals surface area contributed by atoms with E-state index in [-0.39, 0.29) is 18.3 Å². The van der Waals surface area contributed by atoms with Crippen molar-refractivity contribution in [3.05, 3.63) is 59.3 Å². The first-order valence-electron chi connectivity index (χ1n) is 11.6. The molecule has 1 atom stereocenters. The van der Waals surface area contributed by atoms with Crippen molar-refractivity contribution >= 4 is 28.1 Å². The quantitative estimate of drug-likeness (QED) is 0.342. The Labute approximate surface area is 212 Å². The standard InChI is InChI=1S/C25H30FN5O4S/c1-25(2,34)15-3-4-17(19(26)11-15)20-12-18(23(27)33)24(36-20)30-21-5-7-28-22(29-21)14-31-8-10-35-16(13-31)6-9-32/h3-5,7,11-12,16,32,34H,6,8-10,13-14H2,1-2H3,(H2,27,33)(H,28,29,30). The molecule has 3 aromatic rings. The molecule has 1 saturated heterocycles. The summed E-state index contributed by atoms with van der Waals surface area (Å²) in [6, 6.07) is 7.76. The number of thiophene rings is 1. The number of anilines is 2. The van der Waals surface area contributed by atoms with Gasteiger partial charge in [-0.3, -0.25) is 9.69 Å². The number of carbonyl (C=O) groups is 1. The molecule has 0 saturated carbocycles. The number of ether oxygens (including phenoxy) is 1. The molecule has 0 aliphatic carbocycles. The highest BCUT2D eigenvalue weighted by molar-refractivity contribution is 7.19. The van der Waals surface area contributed by atoms with Crippen LogP contribution in [0.4, 0.5) is 15.2 Å². The summed E-state index contributed by atoms with van der Waals surface area (Å²) in [5, 5.41) is 22.9. The zero-order valence-corrected chi connectivity index (χ0v) is 21.0. The van der Waals surface area contributed by atoms with Gasteiger partial charge < -0.3 is 26.0 Å². The van der Waals surface area contributed by atoms with Gasteiger partial charge in [0.25, 0.3) is 5.91 Å². The summed E-state index contributed by atoms with van der Waals surface area (Å²) in [7, 11) is 0. The van der Waals surface area contributed by atoms with Crippen molar-refractivity contribution in [2.45, 2.75) is 38.5 Å². The third-order valence-corrected chi connectivity index (χ3v) is 7.01. The van der Waals surface area contributed by atoms with Gasteiger partial charge in [0, 0.05) is 36.3 Å². The number of benzene rings is 1. The maximum atomic E-state index is 14.9. The normalized spacial score (nSPS) is 16.8. The SMILES string of the molecule is CC(C)(O)c1ccc(-c2cc(C(N)=O)c(Nc3ccnc(CN4CCOC(CCO)C4)n3)s2)c(F)c1. The Hall–Kier alpha value is -2.96. The molecule has 0 bridgehead atoms. The maximum absolute atomic E-state index is 14.9. The van der Waals surface area contributed by atoms with Crippen LogP contribution in [0.3, 0.4) is 0 Å². The predicted molar refractivity (Wildman–Crippen MR) is 136 cm³/mol. The van der Waals surface area contributed by atoms with E-state index < -0.39 is 17.3 Å². The van der Waals surface area contributed by atoms with E-state index in [0.717, 1.165) is 6.54 Å². The third-order valence-electron chi connectivity index (χ3n) is 5.92. The Kier molecular flexibility index (Phi) is 7.96. The molecule has 4 rings (SSSR count). The Morgan fingerprint density at radius 3 is 2.86 bits per heavy atom. The average molecular weight is 516 g/mol. The molecule has 1 aromatic carbocycles. The van der Waals surface area contributed by atoms with E-state index in [2.05, 4.69) is 20.2 Å². The molecule has 11 heteroatoms. The lowest BCUT2D eigenvalue weighted by atomic mass is 9.96. The van der Waals surface area contributed by atoms with Crippen LogP contribution in [0.15, 0.2) is 36.5 Å². The molecule has 1 aliphatic heterocycles. The summed E-state index contributed by atoms with van der Waals surface area (Å²) in [6.07, 6.45) is 2.19. The number of rotatable bonds is 9. The van der Waals surface area contributed by atoms with Gasteiger partial charge in [-0.2, -0.15) is 0 Å². The zero-order valence-electron chi connectivity index (χ0n) is 20.2. The number of hydrogen-bond acceptors (Lipinski definition) is 9. The van der Waals surface area contributed by atoms with Crippen LogP contribution in [0.2, 0.25) is 0 Å². The number of nitrogens with zero attached hydrogens (tertiary/aromatic N) is 3. The fraction of sp³-hybridized carbons (Fsp3) is 0.400. The second-order valence-corrected chi connectivity index (χ2v) is 10.2. The van der Waals surface area contributed by atoms with Gasteiger partial charge >= 0.3 is 0 Å². The minimum atomic E-state index is -1.17. The van der Waals surface area contributed by atoms with Crippen LogP contribution in [-0.4, -0.2) is 63.4 Å². The summed E-state index contributed by atoms with van der Waals surface area (Å²) in [6.45, 7) is 5.76. The number of aliphatic hydroxyl groups excluding tert-OH is 1. The lowest BCUT2D eigenvalue weighted by molar-refractivity contribution is -0.0413. The highest BCUT2D eigenvalue weighted by Crippen LogP contribution is 2.38. The first kappa shape index (κ1) is 26.1. The summed E-state index contributed by atoms with van der Waals surface area (Å²) in [5.74, 6) is -0.0805. The van der Waals surface area contributed by atoms with E-state index in [1.54, 1.807) is 44.3 Å².